The number of nitrogens with zero attached hydrogens (tertiary/aromatic N) is 1. The van der Waals surface area contributed by atoms with Gasteiger partial charge in [0.1, 0.15) is 5.69 Å². The van der Waals surface area contributed by atoms with E-state index in [1.165, 1.54) is 0 Å². The normalized spacial score (nSPS) is 10.2. The largest absolute Gasteiger partial charge is 0.352 e. The molecule has 4 heteroatoms. The Kier molecular flexibility index (Phi) is 2.60. The number of ketones is 1. The highest BCUT2D eigenvalue weighted by Crippen LogP contribution is 2.18. The summed E-state index contributed by atoms with van der Waals surface area (Å²) in [5.74, 6) is -0.0407. The second-order valence-electron chi connectivity index (χ2n) is 3.07. The van der Waals surface area contributed by atoms with E-state index in [2.05, 4.69) is 5.16 Å². The van der Waals surface area contributed by atoms with Crippen LogP contribution >= 0.6 is 0 Å². The molecule has 0 unspecified atom stereocenters. The molecular weight excluding hydrogens is 192 g/mol. The van der Waals surface area contributed by atoms with E-state index in [0.717, 1.165) is 5.56 Å². The van der Waals surface area contributed by atoms with Crippen LogP contribution in [-0.4, -0.2) is 17.5 Å². The van der Waals surface area contributed by atoms with Gasteiger partial charge >= 0.3 is 0 Å². The van der Waals surface area contributed by atoms with Gasteiger partial charge in [0.2, 0.25) is 11.5 Å². The lowest BCUT2D eigenvalue weighted by Gasteiger charge is -1.91. The summed E-state index contributed by atoms with van der Waals surface area (Å²) in [6.07, 6.45) is 0. The summed E-state index contributed by atoms with van der Waals surface area (Å²) in [6, 6.07) is 11.1. The molecule has 0 atom stereocenters. The van der Waals surface area contributed by atoms with Gasteiger partial charge in [0.25, 0.3) is 0 Å². The summed E-state index contributed by atoms with van der Waals surface area (Å²) in [4.78, 5) is 11.2. The molecule has 0 aliphatic heterocycles. The Balaban J connectivity index is 2.32. The van der Waals surface area contributed by atoms with Gasteiger partial charge in [-0.3, -0.25) is 4.79 Å². The molecule has 76 valence electrons. The number of carbonyl (C=O) groups is 1. The zero-order chi connectivity index (χ0) is 10.7. The van der Waals surface area contributed by atoms with Crippen molar-refractivity contribution >= 4 is 5.78 Å². The van der Waals surface area contributed by atoms with Crippen LogP contribution in [0.2, 0.25) is 0 Å². The van der Waals surface area contributed by atoms with Crippen molar-refractivity contribution in [3.8, 4) is 11.3 Å². The minimum atomic E-state index is -0.246. The monoisotopic (exact) mass is 202 g/mol. The molecule has 2 N–H and O–H groups in total. The standard InChI is InChI=1S/C11H10N2O2/c12-7-10(14)11-6-9(13-15-11)8-4-2-1-3-5-8/h1-6H,7,12H2. The van der Waals surface area contributed by atoms with Gasteiger partial charge in [-0.15, -0.1) is 0 Å². The molecule has 15 heavy (non-hydrogen) atoms. The third-order valence-corrected chi connectivity index (χ3v) is 2.04. The predicted molar refractivity (Wildman–Crippen MR) is 55.3 cm³/mol. The van der Waals surface area contributed by atoms with Gasteiger partial charge in [-0.1, -0.05) is 35.5 Å². The van der Waals surface area contributed by atoms with Crippen LogP contribution in [-0.2, 0) is 0 Å². The third-order valence-electron chi connectivity index (χ3n) is 2.04. The van der Waals surface area contributed by atoms with Gasteiger partial charge < -0.3 is 10.3 Å². The Hall–Kier alpha value is -1.94. The van der Waals surface area contributed by atoms with Gasteiger partial charge in [0.15, 0.2) is 0 Å². The SMILES string of the molecule is NCC(=O)c1cc(-c2ccccc2)no1. The fourth-order valence-corrected chi connectivity index (χ4v) is 1.25. The molecule has 4 nitrogen and oxygen atoms in total. The molecule has 1 aromatic carbocycles. The lowest BCUT2D eigenvalue weighted by Crippen LogP contribution is -2.12. The predicted octanol–water partition coefficient (Wildman–Crippen LogP) is 1.48. The summed E-state index contributed by atoms with van der Waals surface area (Å²) < 4.78 is 4.89. The molecule has 1 heterocycles. The smallest absolute Gasteiger partial charge is 0.214 e. The Morgan fingerprint density at radius 1 is 1.33 bits per heavy atom. The first-order chi connectivity index (χ1) is 7.31. The van der Waals surface area contributed by atoms with Crippen LogP contribution in [0, 0.1) is 0 Å². The maximum absolute atomic E-state index is 11.2. The molecule has 1 aromatic heterocycles. The molecular formula is C11H10N2O2. The second-order valence-corrected chi connectivity index (χ2v) is 3.07. The third kappa shape index (κ3) is 1.94. The second kappa shape index (κ2) is 4.06. The average Bonchev–Trinajstić information content (AvgIpc) is 2.78. The number of carbonyl (C=O) groups excluding carboxylic acids is 1. The topological polar surface area (TPSA) is 69.1 Å². The molecule has 0 saturated heterocycles. The Morgan fingerprint density at radius 2 is 2.07 bits per heavy atom. The van der Waals surface area contributed by atoms with Gasteiger partial charge in [-0.05, 0) is 0 Å². The van der Waals surface area contributed by atoms with Gasteiger partial charge in [0, 0.05) is 11.6 Å². The van der Waals surface area contributed by atoms with E-state index >= 15 is 0 Å². The maximum atomic E-state index is 11.2. The fourth-order valence-electron chi connectivity index (χ4n) is 1.25. The van der Waals surface area contributed by atoms with Gasteiger partial charge in [-0.2, -0.15) is 0 Å². The summed E-state index contributed by atoms with van der Waals surface area (Å²) in [7, 11) is 0. The van der Waals surface area contributed by atoms with Crippen molar-refractivity contribution in [1.82, 2.24) is 5.16 Å². The lowest BCUT2D eigenvalue weighted by atomic mass is 10.1. The van der Waals surface area contributed by atoms with Crippen LogP contribution in [0.4, 0.5) is 0 Å². The van der Waals surface area contributed by atoms with Crippen molar-refractivity contribution in [2.45, 2.75) is 0 Å². The average molecular weight is 202 g/mol. The molecule has 0 radical (unpaired) electrons. The molecule has 0 fully saturated rings. The molecule has 2 aromatic rings. The highest BCUT2D eigenvalue weighted by atomic mass is 16.5. The van der Waals surface area contributed by atoms with Crippen molar-refractivity contribution in [2.75, 3.05) is 6.54 Å². The molecule has 0 amide bonds. The zero-order valence-electron chi connectivity index (χ0n) is 8.01. The van der Waals surface area contributed by atoms with Crippen LogP contribution in [0.25, 0.3) is 11.3 Å². The van der Waals surface area contributed by atoms with Crippen molar-refractivity contribution in [1.29, 1.82) is 0 Å². The van der Waals surface area contributed by atoms with Crippen LogP contribution in [0.3, 0.4) is 0 Å². The number of nitrogens with two attached hydrogens (primary N) is 1. The number of Topliss-reactive ketones (excluding diaryl/α,β-unsaturated/α-hetero) is 1. The minimum absolute atomic E-state index is 0.0660. The molecule has 0 saturated carbocycles. The van der Waals surface area contributed by atoms with Crippen LogP contribution in [0.1, 0.15) is 10.6 Å². The highest BCUT2D eigenvalue weighted by Gasteiger charge is 2.11. The molecule has 0 aliphatic carbocycles. The summed E-state index contributed by atoms with van der Waals surface area (Å²) >= 11 is 0. The number of rotatable bonds is 3. The van der Waals surface area contributed by atoms with E-state index in [4.69, 9.17) is 10.3 Å². The number of hydrogen-bond acceptors (Lipinski definition) is 4. The van der Waals surface area contributed by atoms with Crippen molar-refractivity contribution in [3.63, 3.8) is 0 Å². The van der Waals surface area contributed by atoms with Crippen LogP contribution in [0.15, 0.2) is 40.9 Å². The zero-order valence-corrected chi connectivity index (χ0v) is 8.01. The number of benzene rings is 1. The highest BCUT2D eigenvalue weighted by molar-refractivity contribution is 5.95. The Morgan fingerprint density at radius 3 is 2.73 bits per heavy atom. The van der Waals surface area contributed by atoms with Crippen LogP contribution in [0.5, 0.6) is 0 Å². The van der Waals surface area contributed by atoms with E-state index in [9.17, 15) is 4.79 Å². The van der Waals surface area contributed by atoms with E-state index in [1.807, 2.05) is 30.3 Å². The first kappa shape index (κ1) is 9.61. The van der Waals surface area contributed by atoms with Gasteiger partial charge in [0.05, 0.1) is 6.54 Å². The first-order valence-electron chi connectivity index (χ1n) is 4.56. The molecule has 2 rings (SSSR count). The molecule has 0 spiro atoms. The van der Waals surface area contributed by atoms with E-state index in [0.29, 0.717) is 5.69 Å². The Labute approximate surface area is 86.7 Å². The maximum Gasteiger partial charge on any atom is 0.214 e. The van der Waals surface area contributed by atoms with Crippen molar-refractivity contribution in [2.24, 2.45) is 5.73 Å². The van der Waals surface area contributed by atoms with Crippen molar-refractivity contribution < 1.29 is 9.32 Å². The number of aromatic nitrogens is 1. The van der Waals surface area contributed by atoms with E-state index in [1.54, 1.807) is 6.07 Å². The lowest BCUT2D eigenvalue weighted by molar-refractivity contribution is 0.0966. The quantitative estimate of drug-likeness (QED) is 0.765. The first-order valence-corrected chi connectivity index (χ1v) is 4.56. The minimum Gasteiger partial charge on any atom is -0.352 e. The summed E-state index contributed by atoms with van der Waals surface area (Å²) in [5.41, 5.74) is 6.77. The molecule has 0 bridgehead atoms. The van der Waals surface area contributed by atoms with Crippen molar-refractivity contribution in [3.05, 3.63) is 42.2 Å². The molecule has 0 aliphatic rings. The van der Waals surface area contributed by atoms with E-state index in [-0.39, 0.29) is 18.1 Å². The summed E-state index contributed by atoms with van der Waals surface area (Å²) in [6.45, 7) is -0.0660. The van der Waals surface area contributed by atoms with Gasteiger partial charge in [-0.25, -0.2) is 0 Å². The fraction of sp³-hybridized carbons (Fsp3) is 0.0909. The van der Waals surface area contributed by atoms with Crippen LogP contribution < -0.4 is 5.73 Å². The number of hydrogen-bond donors (Lipinski definition) is 1. The summed E-state index contributed by atoms with van der Waals surface area (Å²) in [5, 5.41) is 3.80. The van der Waals surface area contributed by atoms with E-state index < -0.39 is 0 Å². The Bertz CT molecular complexity index is 462.